The summed E-state index contributed by atoms with van der Waals surface area (Å²) in [7, 11) is -2.83. The van der Waals surface area contributed by atoms with E-state index in [9.17, 15) is 4.89 Å². The summed E-state index contributed by atoms with van der Waals surface area (Å²) in [4.78, 5) is 27.0. The largest absolute Gasteiger partial charge is 0.238 e. The number of rotatable bonds is 7. The lowest BCUT2D eigenvalue weighted by Gasteiger charge is -2.20. The Bertz CT molecular complexity index is 1900. The van der Waals surface area contributed by atoms with E-state index in [0.29, 0.717) is 17.5 Å². The van der Waals surface area contributed by atoms with Gasteiger partial charge in [0, 0.05) is 16.7 Å². The summed E-state index contributed by atoms with van der Waals surface area (Å²) in [5.41, 5.74) is 4.86. The molecule has 0 spiro atoms. The van der Waals surface area contributed by atoms with Crippen molar-refractivity contribution < 1.29 is 4.89 Å². The van der Waals surface area contributed by atoms with Crippen LogP contribution in [0.2, 0.25) is 0 Å². The third-order valence-electron chi connectivity index (χ3n) is 7.66. The van der Waals surface area contributed by atoms with Gasteiger partial charge in [0.25, 0.3) is 0 Å². The van der Waals surface area contributed by atoms with Crippen LogP contribution < -0.4 is 15.9 Å². The topological polar surface area (TPSA) is 58.9 Å². The highest BCUT2D eigenvalue weighted by atomic mass is 31.2. The average molecular weight is 587 g/mol. The van der Waals surface area contributed by atoms with E-state index >= 15 is 0 Å². The molecule has 0 aliphatic heterocycles. The van der Waals surface area contributed by atoms with Gasteiger partial charge in [-0.25, -0.2) is 19.8 Å². The summed E-state index contributed by atoms with van der Waals surface area (Å²) in [5, 5.41) is 2.77. The molecule has 7 rings (SSSR count). The number of hydrogen-bond acceptors (Lipinski definition) is 4. The lowest BCUT2D eigenvalue weighted by Crippen LogP contribution is -2.30. The minimum absolute atomic E-state index is 0.617. The molecule has 0 aliphatic carbocycles. The maximum Gasteiger partial charge on any atom is 0.238 e. The Hall–Kier alpha value is -5.28. The normalized spacial score (nSPS) is 11.3. The zero-order chi connectivity index (χ0) is 29.8. The Morgan fingerprint density at radius 1 is 0.318 bits per heavy atom. The number of nitrogens with zero attached hydrogens (tertiary/aromatic N) is 3. The van der Waals surface area contributed by atoms with Crippen LogP contribution in [-0.2, 0) is 0 Å². The maximum absolute atomic E-state index is 12.4. The highest BCUT2D eigenvalue weighted by Crippen LogP contribution is 2.51. The van der Waals surface area contributed by atoms with Crippen LogP contribution in [-0.4, -0.2) is 19.8 Å². The third kappa shape index (κ3) is 5.45. The van der Waals surface area contributed by atoms with Gasteiger partial charge < -0.3 is 0 Å². The van der Waals surface area contributed by atoms with Crippen LogP contribution in [0, 0.1) is 0 Å². The Morgan fingerprint density at radius 2 is 0.659 bits per heavy atom. The van der Waals surface area contributed by atoms with Crippen LogP contribution in [0.15, 0.2) is 170 Å². The predicted molar refractivity (Wildman–Crippen MR) is 182 cm³/mol. The van der Waals surface area contributed by atoms with E-state index in [4.69, 9.17) is 15.0 Å². The average Bonchev–Trinajstić information content (AvgIpc) is 3.12. The van der Waals surface area contributed by atoms with Crippen molar-refractivity contribution in [2.45, 2.75) is 0 Å². The molecule has 0 radical (unpaired) electrons. The molecular formula is C39H29N3OP+. The van der Waals surface area contributed by atoms with Gasteiger partial charge in [-0.15, -0.1) is 0 Å². The standard InChI is InChI=1S/C39H29N3OP/c43-44(34-19-9-3-10-20-34,35-21-11-4-12-22-35)36-23-13-18-33(28-36)29-24-26-32(27-25-29)39-41-37(30-14-5-1-6-15-30)40-38(42-39)31-16-7-2-8-17-31/h1-28,43H/q+1. The fourth-order valence-electron chi connectivity index (χ4n) is 5.37. The molecule has 0 bridgehead atoms. The number of benzene rings is 6. The molecule has 0 unspecified atom stereocenters. The van der Waals surface area contributed by atoms with Gasteiger partial charge in [0.15, 0.2) is 17.5 Å². The lowest BCUT2D eigenvalue weighted by molar-refractivity contribution is 0.633. The van der Waals surface area contributed by atoms with Gasteiger partial charge in [-0.1, -0.05) is 133 Å². The highest BCUT2D eigenvalue weighted by Gasteiger charge is 2.44. The van der Waals surface area contributed by atoms with Gasteiger partial charge in [-0.05, 0) is 47.5 Å². The molecule has 210 valence electrons. The second-order valence-electron chi connectivity index (χ2n) is 10.5. The van der Waals surface area contributed by atoms with Gasteiger partial charge in [0.2, 0.25) is 7.49 Å². The minimum atomic E-state index is -2.83. The van der Waals surface area contributed by atoms with E-state index in [2.05, 4.69) is 36.4 Å². The van der Waals surface area contributed by atoms with Crippen molar-refractivity contribution in [3.05, 3.63) is 170 Å². The second kappa shape index (κ2) is 12.1. The molecule has 7 aromatic rings. The molecule has 0 saturated carbocycles. The molecule has 0 amide bonds. The van der Waals surface area contributed by atoms with Crippen molar-refractivity contribution in [3.8, 4) is 45.3 Å². The van der Waals surface area contributed by atoms with Crippen molar-refractivity contribution in [3.63, 3.8) is 0 Å². The van der Waals surface area contributed by atoms with Crippen molar-refractivity contribution >= 4 is 23.4 Å². The number of aromatic nitrogens is 3. The fraction of sp³-hybridized carbons (Fsp3) is 0. The lowest BCUT2D eigenvalue weighted by atomic mass is 10.0. The van der Waals surface area contributed by atoms with Gasteiger partial charge in [-0.2, -0.15) is 0 Å². The SMILES string of the molecule is O[P+](c1ccccc1)(c1ccccc1)c1cccc(-c2ccc(-c3nc(-c4ccccc4)nc(-c4ccccc4)n3)cc2)c1. The molecule has 1 aromatic heterocycles. The summed E-state index contributed by atoms with van der Waals surface area (Å²) < 4.78 is 0. The molecule has 1 heterocycles. The van der Waals surface area contributed by atoms with Crippen molar-refractivity contribution in [1.29, 1.82) is 0 Å². The molecule has 4 nitrogen and oxygen atoms in total. The first kappa shape index (κ1) is 27.5. The Labute approximate surface area is 257 Å². The van der Waals surface area contributed by atoms with Gasteiger partial charge in [0.1, 0.15) is 15.9 Å². The van der Waals surface area contributed by atoms with Crippen molar-refractivity contribution in [2.75, 3.05) is 0 Å². The molecule has 1 N–H and O–H groups in total. The Kier molecular flexibility index (Phi) is 7.60. The van der Waals surface area contributed by atoms with Crippen LogP contribution >= 0.6 is 7.49 Å². The highest BCUT2D eigenvalue weighted by molar-refractivity contribution is 7.91. The van der Waals surface area contributed by atoms with Crippen LogP contribution in [0.4, 0.5) is 0 Å². The third-order valence-corrected chi connectivity index (χ3v) is 10.8. The summed E-state index contributed by atoms with van der Waals surface area (Å²) in [6.45, 7) is 0. The maximum atomic E-state index is 12.4. The number of hydrogen-bond donors (Lipinski definition) is 1. The fourth-order valence-corrected chi connectivity index (χ4v) is 8.10. The molecule has 44 heavy (non-hydrogen) atoms. The van der Waals surface area contributed by atoms with Crippen molar-refractivity contribution in [1.82, 2.24) is 15.0 Å². The van der Waals surface area contributed by atoms with Crippen LogP contribution in [0.3, 0.4) is 0 Å². The molecule has 0 atom stereocenters. The quantitative estimate of drug-likeness (QED) is 0.194. The van der Waals surface area contributed by atoms with E-state index in [1.54, 1.807) is 0 Å². The van der Waals surface area contributed by atoms with E-state index in [1.165, 1.54) is 0 Å². The molecule has 0 saturated heterocycles. The summed E-state index contributed by atoms with van der Waals surface area (Å²) >= 11 is 0. The summed E-state index contributed by atoms with van der Waals surface area (Å²) in [6, 6.07) is 56.5. The van der Waals surface area contributed by atoms with Crippen LogP contribution in [0.5, 0.6) is 0 Å². The van der Waals surface area contributed by atoms with Gasteiger partial charge >= 0.3 is 0 Å². The van der Waals surface area contributed by atoms with Gasteiger partial charge in [0.05, 0.1) is 0 Å². The van der Waals surface area contributed by atoms with E-state index in [-0.39, 0.29) is 0 Å². The Morgan fingerprint density at radius 3 is 1.11 bits per heavy atom. The summed E-state index contributed by atoms with van der Waals surface area (Å²) in [6.07, 6.45) is 0. The minimum Gasteiger partial charge on any atom is -0.235 e. The Balaban J connectivity index is 1.27. The summed E-state index contributed by atoms with van der Waals surface area (Å²) in [5.74, 6) is 1.89. The second-order valence-corrected chi connectivity index (χ2v) is 13.3. The molecule has 0 aliphatic rings. The van der Waals surface area contributed by atoms with E-state index in [0.717, 1.165) is 43.7 Å². The smallest absolute Gasteiger partial charge is 0.235 e. The van der Waals surface area contributed by atoms with Crippen LogP contribution in [0.25, 0.3) is 45.3 Å². The molecule has 5 heteroatoms. The first-order chi connectivity index (χ1) is 21.7. The molecule has 0 fully saturated rings. The first-order valence-electron chi connectivity index (χ1n) is 14.5. The molecule has 6 aromatic carbocycles. The van der Waals surface area contributed by atoms with E-state index < -0.39 is 7.49 Å². The van der Waals surface area contributed by atoms with E-state index in [1.807, 2.05) is 133 Å². The van der Waals surface area contributed by atoms with Gasteiger partial charge in [-0.3, -0.25) is 0 Å². The first-order valence-corrected chi connectivity index (χ1v) is 16.2. The zero-order valence-corrected chi connectivity index (χ0v) is 24.8. The van der Waals surface area contributed by atoms with Crippen LogP contribution in [0.1, 0.15) is 0 Å². The molecular weight excluding hydrogens is 557 g/mol. The zero-order valence-electron chi connectivity index (χ0n) is 23.9. The predicted octanol–water partition coefficient (Wildman–Crippen LogP) is 7.74. The monoisotopic (exact) mass is 586 g/mol. The van der Waals surface area contributed by atoms with Crippen molar-refractivity contribution in [2.24, 2.45) is 0 Å².